The minimum Gasteiger partial charge on any atom is -0.396 e. The van der Waals surface area contributed by atoms with Crippen molar-refractivity contribution in [2.24, 2.45) is 46.3 Å². The van der Waals surface area contributed by atoms with Crippen molar-refractivity contribution in [3.8, 4) is 0 Å². The lowest BCUT2D eigenvalue weighted by Gasteiger charge is -2.59. The zero-order valence-corrected chi connectivity index (χ0v) is 36.4. The first kappa shape index (κ1) is 48.9. The Morgan fingerprint density at radius 3 is 2.06 bits per heavy atom. The van der Waals surface area contributed by atoms with E-state index in [9.17, 15) is 61.3 Å². The third-order valence-electron chi connectivity index (χ3n) is 16.6. The van der Waals surface area contributed by atoms with Crippen LogP contribution in [0.5, 0.6) is 0 Å². The molecule has 4 aliphatic carbocycles. The summed E-state index contributed by atoms with van der Waals surface area (Å²) in [6.45, 7) is 7.18. The first-order valence-corrected chi connectivity index (χ1v) is 22.9. The largest absolute Gasteiger partial charge is 0.396 e. The van der Waals surface area contributed by atoms with E-state index in [2.05, 4.69) is 26.8 Å². The third-order valence-corrected chi connectivity index (χ3v) is 16.6. The highest BCUT2D eigenvalue weighted by Crippen LogP contribution is 2.68. The Bertz CT molecular complexity index is 1500. The van der Waals surface area contributed by atoms with Crippen molar-refractivity contribution in [3.05, 3.63) is 11.6 Å². The number of ether oxygens (including phenoxy) is 6. The van der Waals surface area contributed by atoms with E-state index >= 15 is 0 Å². The zero-order valence-electron chi connectivity index (χ0n) is 36.4. The Labute approximate surface area is 363 Å². The van der Waals surface area contributed by atoms with Gasteiger partial charge in [-0.05, 0) is 104 Å². The summed E-state index contributed by atoms with van der Waals surface area (Å²) in [7, 11) is 0. The second-order valence-corrected chi connectivity index (χ2v) is 20.3. The molecule has 0 aromatic carbocycles. The molecular formula is C44H74O18. The van der Waals surface area contributed by atoms with Crippen LogP contribution < -0.4 is 0 Å². The van der Waals surface area contributed by atoms with Gasteiger partial charge in [0.05, 0.1) is 38.1 Å². The summed E-state index contributed by atoms with van der Waals surface area (Å²) in [6.07, 6.45) is -13.1. The van der Waals surface area contributed by atoms with Crippen LogP contribution in [0.25, 0.3) is 0 Å². The second kappa shape index (κ2) is 19.7. The normalized spacial score (nSPS) is 51.1. The molecule has 0 radical (unpaired) electrons. The number of hydrogen-bond donors (Lipinski definition) is 12. The van der Waals surface area contributed by atoms with Gasteiger partial charge in [-0.3, -0.25) is 0 Å². The lowest BCUT2D eigenvalue weighted by molar-refractivity contribution is -0.361. The molecule has 358 valence electrons. The average molecular weight is 891 g/mol. The summed E-state index contributed by atoms with van der Waals surface area (Å²) in [5, 5.41) is 126. The first-order valence-electron chi connectivity index (χ1n) is 22.9. The Morgan fingerprint density at radius 1 is 0.710 bits per heavy atom. The lowest BCUT2D eigenvalue weighted by atomic mass is 9.46. The molecule has 18 heteroatoms. The molecule has 7 aliphatic rings. The molecule has 25 unspecified atom stereocenters. The molecule has 6 fully saturated rings. The fourth-order valence-corrected chi connectivity index (χ4v) is 12.9. The molecule has 0 amide bonds. The molecule has 0 bridgehead atoms. The van der Waals surface area contributed by atoms with Crippen LogP contribution in [-0.4, -0.2) is 192 Å². The maximum Gasteiger partial charge on any atom is 0.187 e. The summed E-state index contributed by atoms with van der Waals surface area (Å²) in [6, 6.07) is 0. The summed E-state index contributed by atoms with van der Waals surface area (Å²) in [5.41, 5.74) is 0.881. The standard InChI is InChI=1S/C44H74O18/c1-19(15-45)5-8-26(48)20(2)31-28(59-40-36(54)32(50)27(49)18-57-40)14-25-23-7-6-21-13-22(9-11-43(21,3)24(23)10-12-44(25,31)4)58-41-38(56)35(53)39(30(17-47)61-41)62-42-37(55)34(52)33(51)29(16-46)60-42/h13,19-20,22-42,45-56H,5-12,14-18H2,1-4H3. The van der Waals surface area contributed by atoms with Gasteiger partial charge in [-0.1, -0.05) is 39.3 Å². The predicted molar refractivity (Wildman–Crippen MR) is 215 cm³/mol. The van der Waals surface area contributed by atoms with Gasteiger partial charge in [0.15, 0.2) is 18.9 Å². The molecule has 12 N–H and O–H groups in total. The molecule has 3 saturated carbocycles. The predicted octanol–water partition coefficient (Wildman–Crippen LogP) is -1.59. The summed E-state index contributed by atoms with van der Waals surface area (Å²) < 4.78 is 35.8. The molecule has 3 saturated heterocycles. The van der Waals surface area contributed by atoms with E-state index in [4.69, 9.17) is 28.4 Å². The van der Waals surface area contributed by atoms with Crippen LogP contribution in [0.15, 0.2) is 11.6 Å². The third kappa shape index (κ3) is 9.07. The van der Waals surface area contributed by atoms with Crippen molar-refractivity contribution in [2.75, 3.05) is 26.4 Å². The van der Waals surface area contributed by atoms with E-state index in [1.54, 1.807) is 0 Å². The minimum absolute atomic E-state index is 0.0445. The minimum atomic E-state index is -1.77. The van der Waals surface area contributed by atoms with Crippen LogP contribution in [-0.2, 0) is 28.4 Å². The highest BCUT2D eigenvalue weighted by atomic mass is 16.7. The summed E-state index contributed by atoms with van der Waals surface area (Å²) in [5.74, 6) is 0.678. The van der Waals surface area contributed by atoms with Crippen molar-refractivity contribution in [1.82, 2.24) is 0 Å². The number of aliphatic hydroxyl groups is 12. The Morgan fingerprint density at radius 2 is 1.37 bits per heavy atom. The van der Waals surface area contributed by atoms with Crippen molar-refractivity contribution in [3.63, 3.8) is 0 Å². The van der Waals surface area contributed by atoms with Gasteiger partial charge in [0, 0.05) is 6.61 Å². The zero-order chi connectivity index (χ0) is 45.0. The molecule has 0 spiro atoms. The monoisotopic (exact) mass is 890 g/mol. The first-order chi connectivity index (χ1) is 29.4. The van der Waals surface area contributed by atoms with Crippen molar-refractivity contribution in [1.29, 1.82) is 0 Å². The fourth-order valence-electron chi connectivity index (χ4n) is 12.9. The van der Waals surface area contributed by atoms with Gasteiger partial charge in [-0.2, -0.15) is 0 Å². The molecular weight excluding hydrogens is 816 g/mol. The van der Waals surface area contributed by atoms with E-state index in [1.807, 2.05) is 6.92 Å². The van der Waals surface area contributed by atoms with Crippen LogP contribution in [0.4, 0.5) is 0 Å². The molecule has 3 heterocycles. The van der Waals surface area contributed by atoms with Crippen LogP contribution in [0.3, 0.4) is 0 Å². The van der Waals surface area contributed by atoms with Gasteiger partial charge in [-0.15, -0.1) is 0 Å². The van der Waals surface area contributed by atoms with Crippen molar-refractivity contribution < 1.29 is 89.7 Å². The van der Waals surface area contributed by atoms with Gasteiger partial charge in [-0.25, -0.2) is 0 Å². The van der Waals surface area contributed by atoms with Crippen molar-refractivity contribution >= 4 is 0 Å². The highest BCUT2D eigenvalue weighted by molar-refractivity contribution is 5.26. The van der Waals surface area contributed by atoms with E-state index < -0.39 is 111 Å². The number of aliphatic hydroxyl groups excluding tert-OH is 12. The van der Waals surface area contributed by atoms with E-state index in [1.165, 1.54) is 5.57 Å². The highest BCUT2D eigenvalue weighted by Gasteiger charge is 2.64. The van der Waals surface area contributed by atoms with Gasteiger partial charge >= 0.3 is 0 Å². The molecule has 7 rings (SSSR count). The number of rotatable bonds is 14. The topological polar surface area (TPSA) is 298 Å². The molecule has 0 aromatic rings. The van der Waals surface area contributed by atoms with Crippen LogP contribution in [0.2, 0.25) is 0 Å². The maximum atomic E-state index is 11.6. The molecule has 0 aromatic heterocycles. The van der Waals surface area contributed by atoms with Crippen LogP contribution in [0.1, 0.15) is 85.5 Å². The molecule has 62 heavy (non-hydrogen) atoms. The fraction of sp³-hybridized carbons (Fsp3) is 0.955. The number of allylic oxidation sites excluding steroid dienone is 1. The molecule has 3 aliphatic heterocycles. The maximum absolute atomic E-state index is 11.6. The van der Waals surface area contributed by atoms with E-state index in [-0.39, 0.29) is 53.8 Å². The SMILES string of the molecule is CC(CO)CCC(O)C(C)C1C(OC2OCC(O)C(O)C2O)CC2C3CCC4=CC(OC5OC(CO)C(OC6OC(CO)C(O)C(O)C6O)C(O)C5O)CCC4(C)C3CCC21C. The van der Waals surface area contributed by atoms with E-state index in [0.717, 1.165) is 32.1 Å². The molecule has 18 nitrogen and oxygen atoms in total. The van der Waals surface area contributed by atoms with Crippen molar-refractivity contribution in [2.45, 2.75) is 190 Å². The van der Waals surface area contributed by atoms with Gasteiger partial charge in [0.2, 0.25) is 0 Å². The van der Waals surface area contributed by atoms with Gasteiger partial charge < -0.3 is 89.7 Å². The van der Waals surface area contributed by atoms with Crippen LogP contribution >= 0.6 is 0 Å². The summed E-state index contributed by atoms with van der Waals surface area (Å²) >= 11 is 0. The Kier molecular flexibility index (Phi) is 15.5. The number of fused-ring (bicyclic) bond motifs is 5. The van der Waals surface area contributed by atoms with E-state index in [0.29, 0.717) is 37.5 Å². The van der Waals surface area contributed by atoms with Crippen LogP contribution in [0, 0.1) is 46.3 Å². The quantitative estimate of drug-likeness (QED) is 0.0876. The second-order valence-electron chi connectivity index (χ2n) is 20.3. The van der Waals surface area contributed by atoms with Gasteiger partial charge in [0.25, 0.3) is 0 Å². The average Bonchev–Trinajstić information content (AvgIpc) is 3.56. The Hall–Kier alpha value is -0.980. The lowest BCUT2D eigenvalue weighted by Crippen LogP contribution is -2.65. The molecule has 25 atom stereocenters. The summed E-state index contributed by atoms with van der Waals surface area (Å²) in [4.78, 5) is 0. The Balaban J connectivity index is 1.04. The smallest absolute Gasteiger partial charge is 0.187 e. The van der Waals surface area contributed by atoms with Gasteiger partial charge in [0.1, 0.15) is 67.1 Å². The number of hydrogen-bond acceptors (Lipinski definition) is 18.